The number of rotatable bonds is 8. The summed E-state index contributed by atoms with van der Waals surface area (Å²) in [6.45, 7) is 5.67. The van der Waals surface area contributed by atoms with Crippen molar-refractivity contribution in [3.05, 3.63) is 70.9 Å². The van der Waals surface area contributed by atoms with E-state index in [9.17, 15) is 4.79 Å². The molecule has 0 bridgehead atoms. The van der Waals surface area contributed by atoms with Crippen molar-refractivity contribution in [2.45, 2.75) is 19.3 Å². The number of amides is 1. The minimum atomic E-state index is -0.339. The van der Waals surface area contributed by atoms with Crippen LogP contribution in [0, 0.1) is 0 Å². The first-order valence-corrected chi connectivity index (χ1v) is 12.3. The Morgan fingerprint density at radius 2 is 2.00 bits per heavy atom. The minimum Gasteiger partial charge on any atom is -0.487 e. The number of furan rings is 1. The van der Waals surface area contributed by atoms with Crippen molar-refractivity contribution in [2.75, 3.05) is 46.4 Å². The number of likely N-dealkylation sites (N-methyl/N-ethyl adjacent to an activating group) is 1. The highest BCUT2D eigenvalue weighted by molar-refractivity contribution is 6.30. The molecule has 3 aromatic rings. The maximum atomic E-state index is 12.6. The van der Waals surface area contributed by atoms with Gasteiger partial charge in [-0.05, 0) is 43.4 Å². The molecular weight excluding hydrogens is 484 g/mol. The molecule has 10 heteroatoms. The molecule has 36 heavy (non-hydrogen) atoms. The first kappa shape index (κ1) is 24.4. The SMILES string of the molecule is CN1CCN(Cc2ccc(C(=O)NC[C@@H]3COc4ccc(OCc5ccc(Cl)cn5)cc4O3)o2)CC1. The van der Waals surface area contributed by atoms with Crippen LogP contribution in [0.3, 0.4) is 0 Å². The van der Waals surface area contributed by atoms with Crippen LogP contribution in [-0.2, 0) is 13.2 Å². The van der Waals surface area contributed by atoms with E-state index in [1.807, 2.05) is 18.2 Å². The summed E-state index contributed by atoms with van der Waals surface area (Å²) in [4.78, 5) is 21.5. The summed E-state index contributed by atoms with van der Waals surface area (Å²) < 4.78 is 23.5. The van der Waals surface area contributed by atoms with Crippen molar-refractivity contribution >= 4 is 17.5 Å². The standard InChI is InChI=1S/C26H29ClN4O5/c1-30-8-10-31(11-9-30)15-21-5-7-24(35-21)26(32)29-14-22-17-34-23-6-4-20(12-25(23)36-22)33-16-19-3-2-18(27)13-28-19/h2-7,12-13,22H,8-11,14-17H2,1H3,(H,29,32)/t22-/m1/s1. The van der Waals surface area contributed by atoms with E-state index in [4.69, 9.17) is 30.2 Å². The number of halogens is 1. The molecule has 1 saturated heterocycles. The third-order valence-corrected chi connectivity index (χ3v) is 6.38. The number of carbonyl (C=O) groups is 1. The van der Waals surface area contributed by atoms with Crippen molar-refractivity contribution in [3.8, 4) is 17.2 Å². The van der Waals surface area contributed by atoms with E-state index in [1.54, 1.807) is 30.5 Å². The Labute approximate surface area is 214 Å². The van der Waals surface area contributed by atoms with Crippen LogP contribution in [0.1, 0.15) is 22.0 Å². The van der Waals surface area contributed by atoms with Crippen molar-refractivity contribution in [1.29, 1.82) is 0 Å². The molecular formula is C26H29ClN4O5. The minimum absolute atomic E-state index is 0.276. The van der Waals surface area contributed by atoms with Crippen molar-refractivity contribution in [3.63, 3.8) is 0 Å². The second-order valence-corrected chi connectivity index (χ2v) is 9.41. The zero-order chi connectivity index (χ0) is 24.9. The summed E-state index contributed by atoms with van der Waals surface area (Å²) >= 11 is 5.87. The van der Waals surface area contributed by atoms with Gasteiger partial charge in [-0.2, -0.15) is 0 Å². The molecule has 5 rings (SSSR count). The molecule has 4 heterocycles. The molecule has 1 N–H and O–H groups in total. The van der Waals surface area contributed by atoms with Gasteiger partial charge in [-0.3, -0.25) is 14.7 Å². The van der Waals surface area contributed by atoms with Crippen LogP contribution in [0.5, 0.6) is 17.2 Å². The number of aromatic nitrogens is 1. The lowest BCUT2D eigenvalue weighted by molar-refractivity contribution is 0.0767. The molecule has 0 radical (unpaired) electrons. The second kappa shape index (κ2) is 11.2. The van der Waals surface area contributed by atoms with Gasteiger partial charge in [0, 0.05) is 38.4 Å². The predicted molar refractivity (Wildman–Crippen MR) is 134 cm³/mol. The Balaban J connectivity index is 1.10. The van der Waals surface area contributed by atoms with Gasteiger partial charge < -0.3 is 28.8 Å². The van der Waals surface area contributed by atoms with E-state index in [-0.39, 0.29) is 18.6 Å². The van der Waals surface area contributed by atoms with Gasteiger partial charge in [-0.25, -0.2) is 0 Å². The van der Waals surface area contributed by atoms with Crippen LogP contribution in [-0.4, -0.2) is 73.2 Å². The van der Waals surface area contributed by atoms with Gasteiger partial charge in [-0.15, -0.1) is 0 Å². The maximum absolute atomic E-state index is 12.6. The molecule has 0 spiro atoms. The normalized spacial score (nSPS) is 18.1. The highest BCUT2D eigenvalue weighted by Crippen LogP contribution is 2.35. The molecule has 1 amide bonds. The third-order valence-electron chi connectivity index (χ3n) is 6.16. The van der Waals surface area contributed by atoms with Crippen LogP contribution in [0.15, 0.2) is 53.1 Å². The Hall–Kier alpha value is -3.27. The zero-order valence-corrected chi connectivity index (χ0v) is 20.9. The lowest BCUT2D eigenvalue weighted by Gasteiger charge is -2.31. The van der Waals surface area contributed by atoms with E-state index in [0.717, 1.165) is 37.6 Å². The fraction of sp³-hybridized carbons (Fsp3) is 0.385. The number of benzene rings is 1. The van der Waals surface area contributed by atoms with Crippen LogP contribution in [0.2, 0.25) is 5.02 Å². The first-order chi connectivity index (χ1) is 17.5. The Bertz CT molecular complexity index is 1180. The number of pyridine rings is 1. The number of hydrogen-bond donors (Lipinski definition) is 1. The van der Waals surface area contributed by atoms with Crippen molar-refractivity contribution in [1.82, 2.24) is 20.1 Å². The van der Waals surface area contributed by atoms with Crippen LogP contribution < -0.4 is 19.5 Å². The largest absolute Gasteiger partial charge is 0.487 e. The quantitative estimate of drug-likeness (QED) is 0.492. The smallest absolute Gasteiger partial charge is 0.287 e. The average Bonchev–Trinajstić information content (AvgIpc) is 3.36. The van der Waals surface area contributed by atoms with E-state index in [2.05, 4.69) is 27.1 Å². The van der Waals surface area contributed by atoms with Crippen LogP contribution in [0.4, 0.5) is 0 Å². The number of nitrogens with zero attached hydrogens (tertiary/aromatic N) is 3. The molecule has 1 atom stereocenters. The Kier molecular flexibility index (Phi) is 7.60. The van der Waals surface area contributed by atoms with E-state index in [0.29, 0.717) is 47.8 Å². The fourth-order valence-corrected chi connectivity index (χ4v) is 4.15. The number of carbonyl (C=O) groups excluding carboxylic acids is 1. The first-order valence-electron chi connectivity index (χ1n) is 12.0. The number of hydrogen-bond acceptors (Lipinski definition) is 8. The molecule has 1 fully saturated rings. The van der Waals surface area contributed by atoms with Gasteiger partial charge in [0.2, 0.25) is 0 Å². The van der Waals surface area contributed by atoms with Crippen LogP contribution >= 0.6 is 11.6 Å². The van der Waals surface area contributed by atoms with Crippen LogP contribution in [0.25, 0.3) is 0 Å². The molecule has 2 aliphatic rings. The van der Waals surface area contributed by atoms with Gasteiger partial charge in [0.25, 0.3) is 5.91 Å². The van der Waals surface area contributed by atoms with E-state index < -0.39 is 0 Å². The zero-order valence-electron chi connectivity index (χ0n) is 20.1. The third kappa shape index (κ3) is 6.29. The topological polar surface area (TPSA) is 89.3 Å². The number of ether oxygens (including phenoxy) is 3. The van der Waals surface area contributed by atoms with Crippen molar-refractivity contribution in [2.24, 2.45) is 0 Å². The molecule has 9 nitrogen and oxygen atoms in total. The van der Waals surface area contributed by atoms with Gasteiger partial charge in [-0.1, -0.05) is 11.6 Å². The summed E-state index contributed by atoms with van der Waals surface area (Å²) in [5.41, 5.74) is 0.763. The second-order valence-electron chi connectivity index (χ2n) is 8.97. The Morgan fingerprint density at radius 3 is 2.81 bits per heavy atom. The lowest BCUT2D eigenvalue weighted by atomic mass is 10.2. The molecule has 0 saturated carbocycles. The van der Waals surface area contributed by atoms with E-state index >= 15 is 0 Å². The molecule has 1 aromatic carbocycles. The highest BCUT2D eigenvalue weighted by Gasteiger charge is 2.23. The summed E-state index contributed by atoms with van der Waals surface area (Å²) in [6.07, 6.45) is 1.24. The summed E-state index contributed by atoms with van der Waals surface area (Å²) in [5.74, 6) is 2.63. The summed E-state index contributed by atoms with van der Waals surface area (Å²) in [5, 5.41) is 3.46. The fourth-order valence-electron chi connectivity index (χ4n) is 4.04. The molecule has 190 valence electrons. The van der Waals surface area contributed by atoms with Crippen molar-refractivity contribution < 1.29 is 23.4 Å². The number of fused-ring (bicyclic) bond motifs is 1. The molecule has 2 aliphatic heterocycles. The predicted octanol–water partition coefficient (Wildman–Crippen LogP) is 3.22. The lowest BCUT2D eigenvalue weighted by Crippen LogP contribution is -2.43. The number of nitrogens with one attached hydrogen (secondary N) is 1. The van der Waals surface area contributed by atoms with Gasteiger partial charge in [0.1, 0.15) is 30.8 Å². The molecule has 0 unspecified atom stereocenters. The average molecular weight is 513 g/mol. The van der Waals surface area contributed by atoms with Gasteiger partial charge >= 0.3 is 0 Å². The molecule has 2 aromatic heterocycles. The summed E-state index contributed by atoms with van der Waals surface area (Å²) in [7, 11) is 2.12. The maximum Gasteiger partial charge on any atom is 0.287 e. The Morgan fingerprint density at radius 1 is 1.14 bits per heavy atom. The van der Waals surface area contributed by atoms with Gasteiger partial charge in [0.15, 0.2) is 17.3 Å². The van der Waals surface area contributed by atoms with E-state index in [1.165, 1.54) is 0 Å². The summed E-state index contributed by atoms with van der Waals surface area (Å²) in [6, 6.07) is 12.6. The monoisotopic (exact) mass is 512 g/mol. The molecule has 0 aliphatic carbocycles. The highest BCUT2D eigenvalue weighted by atomic mass is 35.5. The number of piperazine rings is 1. The van der Waals surface area contributed by atoms with Gasteiger partial charge in [0.05, 0.1) is 23.8 Å².